The summed E-state index contributed by atoms with van der Waals surface area (Å²) in [4.78, 5) is 0. The van der Waals surface area contributed by atoms with Gasteiger partial charge in [0, 0.05) is 12.1 Å². The minimum Gasteiger partial charge on any atom is -0.493 e. The number of rotatable bonds is 0. The zero-order valence-electron chi connectivity index (χ0n) is 5.11. The Labute approximate surface area is 56.4 Å². The highest BCUT2D eigenvalue weighted by Gasteiger charge is 2.05. The van der Waals surface area contributed by atoms with E-state index in [0.29, 0.717) is 11.1 Å². The molecule has 10 heavy (non-hydrogen) atoms. The summed E-state index contributed by atoms with van der Waals surface area (Å²) in [7, 11) is 0. The predicted octanol–water partition coefficient (Wildman–Crippen LogP) is 0.654. The van der Waals surface area contributed by atoms with Crippen LogP contribution in [0.5, 0.6) is 5.88 Å². The van der Waals surface area contributed by atoms with Gasteiger partial charge >= 0.3 is 0 Å². The smallest absolute Gasteiger partial charge is 0.214 e. The molecular formula is C6H6N2O2. The van der Waals surface area contributed by atoms with Gasteiger partial charge in [0.05, 0.1) is 6.26 Å². The van der Waals surface area contributed by atoms with Gasteiger partial charge in [-0.15, -0.1) is 0 Å². The third-order valence-corrected chi connectivity index (χ3v) is 1.44. The van der Waals surface area contributed by atoms with Crippen LogP contribution in [-0.4, -0.2) is 9.78 Å². The standard InChI is InChI=1S/C6H6N2O2/c7-8-4-1-2-10-5(4)3-6(8)9/h1-3,9H,7H2. The van der Waals surface area contributed by atoms with Crippen molar-refractivity contribution in [2.75, 3.05) is 5.84 Å². The SMILES string of the molecule is Nn1c(O)cc2occc21. The highest BCUT2D eigenvalue weighted by Crippen LogP contribution is 2.21. The fourth-order valence-electron chi connectivity index (χ4n) is 0.931. The summed E-state index contributed by atoms with van der Waals surface area (Å²) in [5, 5.41) is 9.01. The van der Waals surface area contributed by atoms with Crippen LogP contribution in [0.25, 0.3) is 11.1 Å². The van der Waals surface area contributed by atoms with Gasteiger partial charge < -0.3 is 15.4 Å². The van der Waals surface area contributed by atoms with Gasteiger partial charge in [0.25, 0.3) is 0 Å². The van der Waals surface area contributed by atoms with Crippen molar-refractivity contribution in [2.24, 2.45) is 0 Å². The van der Waals surface area contributed by atoms with E-state index in [-0.39, 0.29) is 5.88 Å². The Morgan fingerprint density at radius 2 is 2.40 bits per heavy atom. The third-order valence-electron chi connectivity index (χ3n) is 1.44. The summed E-state index contributed by atoms with van der Waals surface area (Å²) >= 11 is 0. The Bertz CT molecular complexity index is 361. The first-order chi connectivity index (χ1) is 4.79. The number of fused-ring (bicyclic) bond motifs is 1. The molecule has 52 valence electrons. The molecular weight excluding hydrogens is 132 g/mol. The van der Waals surface area contributed by atoms with Gasteiger partial charge in [0.15, 0.2) is 5.58 Å². The number of hydrogen-bond acceptors (Lipinski definition) is 3. The summed E-state index contributed by atoms with van der Waals surface area (Å²) in [6.45, 7) is 0. The number of hydrogen-bond donors (Lipinski definition) is 2. The van der Waals surface area contributed by atoms with E-state index in [4.69, 9.17) is 15.4 Å². The van der Waals surface area contributed by atoms with E-state index in [0.717, 1.165) is 0 Å². The minimum atomic E-state index is 0.00866. The summed E-state index contributed by atoms with van der Waals surface area (Å²) in [6.07, 6.45) is 1.52. The molecule has 2 aromatic rings. The van der Waals surface area contributed by atoms with Crippen molar-refractivity contribution < 1.29 is 9.52 Å². The first kappa shape index (κ1) is 5.22. The molecule has 0 saturated carbocycles. The molecule has 0 fully saturated rings. The lowest BCUT2D eigenvalue weighted by Crippen LogP contribution is -2.05. The number of aromatic hydroxyl groups is 1. The van der Waals surface area contributed by atoms with Gasteiger partial charge in [0.1, 0.15) is 5.52 Å². The molecule has 4 heteroatoms. The largest absolute Gasteiger partial charge is 0.493 e. The predicted molar refractivity (Wildman–Crippen MR) is 36.0 cm³/mol. The topological polar surface area (TPSA) is 64.3 Å². The van der Waals surface area contributed by atoms with Gasteiger partial charge in [-0.05, 0) is 0 Å². The lowest BCUT2D eigenvalue weighted by Gasteiger charge is -1.91. The molecule has 0 atom stereocenters. The lowest BCUT2D eigenvalue weighted by atomic mass is 10.5. The normalized spacial score (nSPS) is 10.8. The fraction of sp³-hybridized carbons (Fsp3) is 0. The van der Waals surface area contributed by atoms with Crippen LogP contribution in [0.15, 0.2) is 22.8 Å². The number of furan rings is 1. The van der Waals surface area contributed by atoms with Gasteiger partial charge in [-0.3, -0.25) is 0 Å². The van der Waals surface area contributed by atoms with Gasteiger partial charge in [0.2, 0.25) is 5.88 Å². The molecule has 2 rings (SSSR count). The first-order valence-electron chi connectivity index (χ1n) is 2.82. The minimum absolute atomic E-state index is 0.00866. The van der Waals surface area contributed by atoms with Crippen LogP contribution in [0.2, 0.25) is 0 Å². The van der Waals surface area contributed by atoms with Crippen molar-refractivity contribution in [1.29, 1.82) is 0 Å². The van der Waals surface area contributed by atoms with Crippen LogP contribution >= 0.6 is 0 Å². The Morgan fingerprint density at radius 3 is 3.10 bits per heavy atom. The summed E-state index contributed by atoms with van der Waals surface area (Å²) in [5.41, 5.74) is 1.29. The molecule has 0 bridgehead atoms. The maximum atomic E-state index is 9.01. The average molecular weight is 138 g/mol. The lowest BCUT2D eigenvalue weighted by molar-refractivity contribution is 0.440. The number of aromatic nitrogens is 1. The van der Waals surface area contributed by atoms with Crippen molar-refractivity contribution in [1.82, 2.24) is 4.68 Å². The molecule has 2 aromatic heterocycles. The number of nitrogens with zero attached hydrogens (tertiary/aromatic N) is 1. The van der Waals surface area contributed by atoms with Crippen molar-refractivity contribution in [3.8, 4) is 5.88 Å². The van der Waals surface area contributed by atoms with Gasteiger partial charge in [-0.2, -0.15) is 0 Å². The van der Waals surface area contributed by atoms with E-state index in [1.54, 1.807) is 6.07 Å². The second kappa shape index (κ2) is 1.47. The molecule has 0 unspecified atom stereocenters. The molecule has 0 amide bonds. The quantitative estimate of drug-likeness (QED) is 0.525. The van der Waals surface area contributed by atoms with E-state index in [9.17, 15) is 0 Å². The molecule has 2 heterocycles. The fourth-order valence-corrected chi connectivity index (χ4v) is 0.931. The maximum absolute atomic E-state index is 9.01. The van der Waals surface area contributed by atoms with Crippen LogP contribution in [0.4, 0.5) is 0 Å². The molecule has 0 spiro atoms. The molecule has 0 aliphatic rings. The van der Waals surface area contributed by atoms with Crippen LogP contribution in [0, 0.1) is 0 Å². The van der Waals surface area contributed by atoms with E-state index >= 15 is 0 Å². The molecule has 0 radical (unpaired) electrons. The average Bonchev–Trinajstić information content (AvgIpc) is 2.41. The van der Waals surface area contributed by atoms with E-state index in [2.05, 4.69) is 0 Å². The van der Waals surface area contributed by atoms with Crippen molar-refractivity contribution in [3.63, 3.8) is 0 Å². The summed E-state index contributed by atoms with van der Waals surface area (Å²) in [6, 6.07) is 3.16. The highest BCUT2D eigenvalue weighted by molar-refractivity contribution is 5.76. The monoisotopic (exact) mass is 138 g/mol. The van der Waals surface area contributed by atoms with E-state index in [1.165, 1.54) is 17.0 Å². The van der Waals surface area contributed by atoms with Crippen LogP contribution < -0.4 is 5.84 Å². The van der Waals surface area contributed by atoms with Crippen LogP contribution in [0.3, 0.4) is 0 Å². The second-order valence-corrected chi connectivity index (χ2v) is 2.04. The van der Waals surface area contributed by atoms with Crippen LogP contribution in [-0.2, 0) is 0 Å². The van der Waals surface area contributed by atoms with Crippen molar-refractivity contribution in [3.05, 3.63) is 18.4 Å². The Hall–Kier alpha value is -1.58. The number of nitrogen functional groups attached to an aromatic ring is 1. The zero-order valence-corrected chi connectivity index (χ0v) is 5.11. The molecule has 0 aliphatic carbocycles. The van der Waals surface area contributed by atoms with Crippen molar-refractivity contribution in [2.45, 2.75) is 0 Å². The third kappa shape index (κ3) is 0.452. The van der Waals surface area contributed by atoms with Gasteiger partial charge in [-0.1, -0.05) is 0 Å². The van der Waals surface area contributed by atoms with Crippen LogP contribution in [0.1, 0.15) is 0 Å². The molecule has 4 nitrogen and oxygen atoms in total. The summed E-state index contributed by atoms with van der Waals surface area (Å²) in [5.74, 6) is 5.40. The Kier molecular flexibility index (Phi) is 0.768. The van der Waals surface area contributed by atoms with E-state index < -0.39 is 0 Å². The highest BCUT2D eigenvalue weighted by atomic mass is 16.3. The Balaban J connectivity index is 2.95. The Morgan fingerprint density at radius 1 is 1.60 bits per heavy atom. The first-order valence-corrected chi connectivity index (χ1v) is 2.82. The van der Waals surface area contributed by atoms with Gasteiger partial charge in [-0.25, -0.2) is 4.68 Å². The zero-order chi connectivity index (χ0) is 7.14. The molecule has 0 aromatic carbocycles. The van der Waals surface area contributed by atoms with E-state index in [1.807, 2.05) is 0 Å². The summed E-state index contributed by atoms with van der Waals surface area (Å²) < 4.78 is 6.12. The second-order valence-electron chi connectivity index (χ2n) is 2.04. The van der Waals surface area contributed by atoms with Crippen molar-refractivity contribution >= 4 is 11.1 Å². The number of nitrogens with two attached hydrogens (primary N) is 1. The maximum Gasteiger partial charge on any atom is 0.214 e. The molecule has 0 aliphatic heterocycles. The molecule has 3 N–H and O–H groups in total. The molecule has 0 saturated heterocycles.